The highest BCUT2D eigenvalue weighted by Crippen LogP contribution is 2.24. The van der Waals surface area contributed by atoms with Crippen LogP contribution in [0.25, 0.3) is 6.08 Å². The molecule has 1 atom stereocenters. The largest absolute Gasteiger partial charge is 0.478 e. The van der Waals surface area contributed by atoms with Gasteiger partial charge in [-0.05, 0) is 29.8 Å². The van der Waals surface area contributed by atoms with E-state index in [1.165, 1.54) is 12.3 Å². The number of aliphatic hydroxyl groups excluding tert-OH is 1. The van der Waals surface area contributed by atoms with E-state index in [1.54, 1.807) is 42.6 Å². The van der Waals surface area contributed by atoms with Gasteiger partial charge in [-0.1, -0.05) is 29.8 Å². The number of rotatable bonds is 4. The highest BCUT2D eigenvalue weighted by Gasteiger charge is 2.20. The maximum absolute atomic E-state index is 11.3. The Balaban J connectivity index is 2.39. The lowest BCUT2D eigenvalue weighted by molar-refractivity contribution is -0.133. The van der Waals surface area contributed by atoms with E-state index < -0.39 is 12.1 Å². The standard InChI is InChI=1S/C15H12ClNO3/c16-12-5-1-3-10(7-12)8-13(15(19)20)14(18)11-4-2-6-17-9-11/h1-9,14,18H,(H,19,20). The van der Waals surface area contributed by atoms with Gasteiger partial charge in [0.05, 0.1) is 5.57 Å². The molecule has 0 saturated carbocycles. The van der Waals surface area contributed by atoms with Crippen molar-refractivity contribution in [2.75, 3.05) is 0 Å². The number of halogens is 1. The Hall–Kier alpha value is -2.17. The number of carboxylic acid groups (broad SMARTS) is 1. The number of aliphatic hydroxyl groups is 1. The molecule has 0 aliphatic heterocycles. The minimum atomic E-state index is -1.25. The minimum absolute atomic E-state index is 0.139. The van der Waals surface area contributed by atoms with Gasteiger partial charge in [-0.2, -0.15) is 0 Å². The molecule has 1 heterocycles. The molecule has 0 saturated heterocycles. The van der Waals surface area contributed by atoms with E-state index in [1.807, 2.05) is 0 Å². The van der Waals surface area contributed by atoms with Crippen LogP contribution in [0.5, 0.6) is 0 Å². The van der Waals surface area contributed by atoms with Crippen molar-refractivity contribution < 1.29 is 15.0 Å². The molecular formula is C15H12ClNO3. The number of carbonyl (C=O) groups is 1. The summed E-state index contributed by atoms with van der Waals surface area (Å²) < 4.78 is 0. The van der Waals surface area contributed by atoms with Gasteiger partial charge in [0.1, 0.15) is 6.10 Å². The molecule has 0 aliphatic rings. The molecular weight excluding hydrogens is 278 g/mol. The second-order valence-electron chi connectivity index (χ2n) is 4.15. The number of aromatic nitrogens is 1. The van der Waals surface area contributed by atoms with Crippen LogP contribution in [0.15, 0.2) is 54.4 Å². The van der Waals surface area contributed by atoms with Crippen molar-refractivity contribution in [2.45, 2.75) is 6.10 Å². The fourth-order valence-electron chi connectivity index (χ4n) is 1.75. The molecule has 5 heteroatoms. The predicted octanol–water partition coefficient (Wildman–Crippen LogP) is 2.94. The van der Waals surface area contributed by atoms with E-state index in [2.05, 4.69) is 4.98 Å². The van der Waals surface area contributed by atoms with Crippen LogP contribution in [0.3, 0.4) is 0 Å². The third-order valence-electron chi connectivity index (χ3n) is 2.71. The van der Waals surface area contributed by atoms with Crippen molar-refractivity contribution in [2.24, 2.45) is 0 Å². The molecule has 1 aromatic heterocycles. The van der Waals surface area contributed by atoms with Crippen LogP contribution in [0.1, 0.15) is 17.2 Å². The topological polar surface area (TPSA) is 70.4 Å². The highest BCUT2D eigenvalue weighted by atomic mass is 35.5. The van der Waals surface area contributed by atoms with Gasteiger partial charge in [0.15, 0.2) is 0 Å². The number of nitrogens with zero attached hydrogens (tertiary/aromatic N) is 1. The fourth-order valence-corrected chi connectivity index (χ4v) is 1.95. The maximum atomic E-state index is 11.3. The number of hydrogen-bond donors (Lipinski definition) is 2. The summed E-state index contributed by atoms with van der Waals surface area (Å²) in [5.74, 6) is -1.19. The summed E-state index contributed by atoms with van der Waals surface area (Å²) in [6, 6.07) is 10.00. The first-order valence-corrected chi connectivity index (χ1v) is 6.24. The molecule has 0 radical (unpaired) electrons. The van der Waals surface area contributed by atoms with Crippen LogP contribution in [-0.4, -0.2) is 21.2 Å². The molecule has 2 rings (SSSR count). The SMILES string of the molecule is O=C(O)C(=Cc1cccc(Cl)c1)C(O)c1cccnc1. The summed E-state index contributed by atoms with van der Waals surface area (Å²) in [4.78, 5) is 15.2. The quantitative estimate of drug-likeness (QED) is 0.849. The number of aliphatic carboxylic acids is 1. The van der Waals surface area contributed by atoms with E-state index in [4.69, 9.17) is 11.6 Å². The molecule has 0 spiro atoms. The number of benzene rings is 1. The van der Waals surface area contributed by atoms with Crippen LogP contribution in [0.4, 0.5) is 0 Å². The average Bonchev–Trinajstić information content (AvgIpc) is 2.45. The predicted molar refractivity (Wildman–Crippen MR) is 76.3 cm³/mol. The summed E-state index contributed by atoms with van der Waals surface area (Å²) in [6.07, 6.45) is 3.13. The first-order valence-electron chi connectivity index (χ1n) is 5.86. The summed E-state index contributed by atoms with van der Waals surface area (Å²) in [7, 11) is 0. The fraction of sp³-hybridized carbons (Fsp3) is 0.0667. The van der Waals surface area contributed by atoms with E-state index in [9.17, 15) is 15.0 Å². The van der Waals surface area contributed by atoms with E-state index in [0.717, 1.165) is 0 Å². The van der Waals surface area contributed by atoms with Gasteiger partial charge in [-0.15, -0.1) is 0 Å². The number of carboxylic acids is 1. The maximum Gasteiger partial charge on any atom is 0.334 e. The highest BCUT2D eigenvalue weighted by molar-refractivity contribution is 6.30. The molecule has 0 aliphatic carbocycles. The molecule has 20 heavy (non-hydrogen) atoms. The van der Waals surface area contributed by atoms with Gasteiger partial charge in [0.2, 0.25) is 0 Å². The van der Waals surface area contributed by atoms with Crippen molar-refractivity contribution in [1.82, 2.24) is 4.98 Å². The Bertz CT molecular complexity index is 641. The smallest absolute Gasteiger partial charge is 0.334 e. The van der Waals surface area contributed by atoms with Gasteiger partial charge >= 0.3 is 5.97 Å². The average molecular weight is 290 g/mol. The zero-order chi connectivity index (χ0) is 14.5. The summed E-state index contributed by atoms with van der Waals surface area (Å²) in [5, 5.41) is 19.9. The molecule has 1 unspecified atom stereocenters. The molecule has 0 amide bonds. The second kappa shape index (κ2) is 6.32. The Labute approximate surface area is 121 Å². The normalized spacial score (nSPS) is 13.0. The first kappa shape index (κ1) is 14.2. The van der Waals surface area contributed by atoms with E-state index in [0.29, 0.717) is 16.1 Å². The lowest BCUT2D eigenvalue weighted by atomic mass is 10.0. The second-order valence-corrected chi connectivity index (χ2v) is 4.59. The van der Waals surface area contributed by atoms with Crippen molar-refractivity contribution in [3.05, 3.63) is 70.5 Å². The van der Waals surface area contributed by atoms with Crippen LogP contribution in [0.2, 0.25) is 5.02 Å². The Morgan fingerprint density at radius 2 is 2.10 bits per heavy atom. The molecule has 2 N–H and O–H groups in total. The van der Waals surface area contributed by atoms with Crippen LogP contribution >= 0.6 is 11.6 Å². The molecule has 4 nitrogen and oxygen atoms in total. The molecule has 102 valence electrons. The van der Waals surface area contributed by atoms with Crippen LogP contribution in [-0.2, 0) is 4.79 Å². The lowest BCUT2D eigenvalue weighted by Gasteiger charge is -2.11. The third kappa shape index (κ3) is 3.44. The third-order valence-corrected chi connectivity index (χ3v) is 2.95. The number of hydrogen-bond acceptors (Lipinski definition) is 3. The molecule has 0 fully saturated rings. The monoisotopic (exact) mass is 289 g/mol. The molecule has 1 aromatic carbocycles. The van der Waals surface area contributed by atoms with E-state index in [-0.39, 0.29) is 5.57 Å². The lowest BCUT2D eigenvalue weighted by Crippen LogP contribution is -2.11. The van der Waals surface area contributed by atoms with Crippen LogP contribution in [0, 0.1) is 0 Å². The zero-order valence-electron chi connectivity index (χ0n) is 10.4. The van der Waals surface area contributed by atoms with Crippen molar-refractivity contribution >= 4 is 23.6 Å². The van der Waals surface area contributed by atoms with Gasteiger partial charge < -0.3 is 10.2 Å². The summed E-state index contributed by atoms with van der Waals surface area (Å²) in [5.41, 5.74) is 0.890. The Morgan fingerprint density at radius 1 is 1.30 bits per heavy atom. The molecule has 0 bridgehead atoms. The summed E-state index contributed by atoms with van der Waals surface area (Å²) in [6.45, 7) is 0. The van der Waals surface area contributed by atoms with Crippen molar-refractivity contribution in [3.63, 3.8) is 0 Å². The van der Waals surface area contributed by atoms with Gasteiger partial charge in [0, 0.05) is 23.0 Å². The van der Waals surface area contributed by atoms with E-state index >= 15 is 0 Å². The molecule has 2 aromatic rings. The van der Waals surface area contributed by atoms with Crippen LogP contribution < -0.4 is 0 Å². The van der Waals surface area contributed by atoms with Gasteiger partial charge in [-0.3, -0.25) is 4.98 Å². The minimum Gasteiger partial charge on any atom is -0.478 e. The summed E-state index contributed by atoms with van der Waals surface area (Å²) >= 11 is 5.86. The Morgan fingerprint density at radius 3 is 2.70 bits per heavy atom. The van der Waals surface area contributed by atoms with Gasteiger partial charge in [-0.25, -0.2) is 4.79 Å². The van der Waals surface area contributed by atoms with Crippen molar-refractivity contribution in [1.29, 1.82) is 0 Å². The zero-order valence-corrected chi connectivity index (χ0v) is 11.2. The van der Waals surface area contributed by atoms with Crippen molar-refractivity contribution in [3.8, 4) is 0 Å². The first-order chi connectivity index (χ1) is 9.58. The Kier molecular flexibility index (Phi) is 4.50. The van der Waals surface area contributed by atoms with Gasteiger partial charge in [0.25, 0.3) is 0 Å². The number of pyridine rings is 1.